The first-order chi connectivity index (χ1) is 13.0. The number of primary amides is 1. The lowest BCUT2D eigenvalue weighted by Gasteiger charge is -1.98. The second-order valence-electron chi connectivity index (χ2n) is 5.74. The molecular formula is C17H16F4N4O3. The number of aliphatic carboxylic acids is 1. The fourth-order valence-corrected chi connectivity index (χ4v) is 2.38. The van der Waals surface area contributed by atoms with Crippen LogP contribution in [0.2, 0.25) is 0 Å². The summed E-state index contributed by atoms with van der Waals surface area (Å²) in [6.07, 6.45) is 1.55. The molecule has 0 saturated carbocycles. The Hall–Kier alpha value is -3.37. The monoisotopic (exact) mass is 400 g/mol. The first kappa shape index (κ1) is 20.9. The number of carboxylic acid groups (broad SMARTS) is 1. The predicted molar refractivity (Wildman–Crippen MR) is 91.5 cm³/mol. The van der Waals surface area contributed by atoms with E-state index in [9.17, 15) is 22.4 Å². The highest BCUT2D eigenvalue weighted by molar-refractivity contribution is 6.04. The number of aromatic nitrogens is 3. The van der Waals surface area contributed by atoms with E-state index in [0.717, 1.165) is 24.7 Å². The Labute approximate surface area is 156 Å². The number of nitrogens with zero attached hydrogens (tertiary/aromatic N) is 3. The molecule has 0 unspecified atom stereocenters. The molecule has 1 aromatic carbocycles. The second-order valence-corrected chi connectivity index (χ2v) is 5.74. The number of carbonyl (C=O) groups is 2. The topological polar surface area (TPSA) is 103 Å². The Balaban J connectivity index is 0.000000345. The van der Waals surface area contributed by atoms with Crippen LogP contribution in [-0.2, 0) is 11.3 Å². The normalized spacial score (nSPS) is 11.2. The molecule has 150 valence electrons. The molecule has 0 aliphatic carbocycles. The molecule has 0 bridgehead atoms. The van der Waals surface area contributed by atoms with Crippen molar-refractivity contribution in [2.45, 2.75) is 26.1 Å². The van der Waals surface area contributed by atoms with Crippen LogP contribution in [0.3, 0.4) is 0 Å². The van der Waals surface area contributed by atoms with Gasteiger partial charge in [-0.2, -0.15) is 18.3 Å². The van der Waals surface area contributed by atoms with E-state index < -0.39 is 23.9 Å². The number of fused-ring (bicyclic) bond motifs is 1. The summed E-state index contributed by atoms with van der Waals surface area (Å²) in [5, 5.41) is 12.0. The number of rotatable bonds is 4. The Morgan fingerprint density at radius 1 is 1.25 bits per heavy atom. The third kappa shape index (κ3) is 4.87. The van der Waals surface area contributed by atoms with E-state index in [1.165, 1.54) is 6.07 Å². The fraction of sp³-hybridized carbons (Fsp3) is 0.235. The number of alkyl halides is 3. The number of halogens is 4. The summed E-state index contributed by atoms with van der Waals surface area (Å²) in [6, 6.07) is 4.38. The van der Waals surface area contributed by atoms with Crippen LogP contribution in [0.25, 0.3) is 16.6 Å². The molecule has 0 aliphatic rings. The zero-order chi connectivity index (χ0) is 21.1. The molecule has 0 aliphatic heterocycles. The van der Waals surface area contributed by atoms with E-state index in [1.54, 1.807) is 10.9 Å². The number of carbonyl (C=O) groups excluding carboxylic acids is 1. The van der Waals surface area contributed by atoms with Crippen LogP contribution in [-0.4, -0.2) is 37.5 Å². The lowest BCUT2D eigenvalue weighted by atomic mass is 10.1. The number of nitrogens with two attached hydrogens (primary N) is 1. The number of hydrogen-bond acceptors (Lipinski definition) is 3. The van der Waals surface area contributed by atoms with Gasteiger partial charge in [0.15, 0.2) is 0 Å². The molecule has 0 atom stereocenters. The standard InChI is InChI=1S/C15H15FN4O.C2HF3O2/c1-2-4-19-5-3-12(9-19)20-8-10-6-11(16)7-13(15(17)21)14(10)18-20;3-2(4,5)1(6)7/h3,5-9H,2,4H2,1H3,(H2,17,21);(H,6,7). The van der Waals surface area contributed by atoms with E-state index in [1.807, 2.05) is 18.5 Å². The van der Waals surface area contributed by atoms with Crippen LogP contribution in [0.1, 0.15) is 23.7 Å². The number of aryl methyl sites for hydroxylation is 1. The van der Waals surface area contributed by atoms with Crippen molar-refractivity contribution in [1.29, 1.82) is 0 Å². The summed E-state index contributed by atoms with van der Waals surface area (Å²) in [6.45, 7) is 3.02. The molecule has 1 amide bonds. The molecule has 0 radical (unpaired) electrons. The third-order valence-corrected chi connectivity index (χ3v) is 3.56. The van der Waals surface area contributed by atoms with Crippen molar-refractivity contribution in [2.24, 2.45) is 5.73 Å². The summed E-state index contributed by atoms with van der Waals surface area (Å²) in [4.78, 5) is 20.3. The highest BCUT2D eigenvalue weighted by Crippen LogP contribution is 2.21. The number of carboxylic acids is 1. The van der Waals surface area contributed by atoms with Gasteiger partial charge in [-0.05, 0) is 24.6 Å². The first-order valence-corrected chi connectivity index (χ1v) is 7.98. The molecule has 0 saturated heterocycles. The van der Waals surface area contributed by atoms with Crippen LogP contribution >= 0.6 is 0 Å². The van der Waals surface area contributed by atoms with E-state index in [0.29, 0.717) is 10.9 Å². The molecular weight excluding hydrogens is 384 g/mol. The van der Waals surface area contributed by atoms with Crippen LogP contribution in [0.15, 0.2) is 36.8 Å². The lowest BCUT2D eigenvalue weighted by molar-refractivity contribution is -0.192. The Morgan fingerprint density at radius 3 is 2.43 bits per heavy atom. The van der Waals surface area contributed by atoms with Gasteiger partial charge < -0.3 is 15.4 Å². The number of benzene rings is 1. The molecule has 0 fully saturated rings. The fourth-order valence-electron chi connectivity index (χ4n) is 2.38. The average Bonchev–Trinajstić information content (AvgIpc) is 3.20. The van der Waals surface area contributed by atoms with Gasteiger partial charge in [0.05, 0.1) is 11.3 Å². The zero-order valence-corrected chi connectivity index (χ0v) is 14.6. The van der Waals surface area contributed by atoms with Crippen LogP contribution < -0.4 is 5.73 Å². The van der Waals surface area contributed by atoms with Gasteiger partial charge in [0.25, 0.3) is 5.91 Å². The van der Waals surface area contributed by atoms with Crippen molar-refractivity contribution in [3.8, 4) is 5.69 Å². The van der Waals surface area contributed by atoms with Gasteiger partial charge in [-0.1, -0.05) is 6.92 Å². The maximum Gasteiger partial charge on any atom is 0.490 e. The van der Waals surface area contributed by atoms with Crippen molar-refractivity contribution in [3.63, 3.8) is 0 Å². The minimum absolute atomic E-state index is 0.0942. The van der Waals surface area contributed by atoms with Gasteiger partial charge in [0, 0.05) is 30.5 Å². The molecule has 28 heavy (non-hydrogen) atoms. The zero-order valence-electron chi connectivity index (χ0n) is 14.6. The maximum atomic E-state index is 13.5. The van der Waals surface area contributed by atoms with Crippen molar-refractivity contribution in [2.75, 3.05) is 0 Å². The van der Waals surface area contributed by atoms with Gasteiger partial charge in [-0.25, -0.2) is 13.9 Å². The minimum Gasteiger partial charge on any atom is -0.475 e. The summed E-state index contributed by atoms with van der Waals surface area (Å²) in [5.41, 5.74) is 6.64. The predicted octanol–water partition coefficient (Wildman–Crippen LogP) is 3.11. The van der Waals surface area contributed by atoms with Crippen molar-refractivity contribution >= 4 is 22.8 Å². The van der Waals surface area contributed by atoms with E-state index >= 15 is 0 Å². The van der Waals surface area contributed by atoms with Crippen LogP contribution in [0, 0.1) is 5.82 Å². The molecule has 3 rings (SSSR count). The van der Waals surface area contributed by atoms with E-state index in [4.69, 9.17) is 15.6 Å². The van der Waals surface area contributed by atoms with Crippen LogP contribution in [0.4, 0.5) is 17.6 Å². The highest BCUT2D eigenvalue weighted by atomic mass is 19.4. The summed E-state index contributed by atoms with van der Waals surface area (Å²) in [7, 11) is 0. The molecule has 2 aromatic heterocycles. The number of hydrogen-bond donors (Lipinski definition) is 2. The number of amides is 1. The average molecular weight is 400 g/mol. The van der Waals surface area contributed by atoms with E-state index in [2.05, 4.69) is 16.6 Å². The Bertz CT molecular complexity index is 1010. The van der Waals surface area contributed by atoms with Gasteiger partial charge in [0.1, 0.15) is 11.3 Å². The lowest BCUT2D eigenvalue weighted by Crippen LogP contribution is -2.21. The van der Waals surface area contributed by atoms with Crippen molar-refractivity contribution < 1.29 is 32.3 Å². The molecule has 3 aromatic rings. The quantitative estimate of drug-likeness (QED) is 0.657. The second kappa shape index (κ2) is 8.11. The first-order valence-electron chi connectivity index (χ1n) is 7.98. The molecule has 2 heterocycles. The largest absolute Gasteiger partial charge is 0.490 e. The van der Waals surface area contributed by atoms with Crippen LogP contribution in [0.5, 0.6) is 0 Å². The Kier molecular flexibility index (Phi) is 6.06. The van der Waals surface area contributed by atoms with Crippen molar-refractivity contribution in [3.05, 3.63) is 48.2 Å². The van der Waals surface area contributed by atoms with Crippen molar-refractivity contribution in [1.82, 2.24) is 14.3 Å². The summed E-state index contributed by atoms with van der Waals surface area (Å²) < 4.78 is 48.9. The highest BCUT2D eigenvalue weighted by Gasteiger charge is 2.38. The molecule has 3 N–H and O–H groups in total. The molecule has 0 spiro atoms. The van der Waals surface area contributed by atoms with Gasteiger partial charge >= 0.3 is 12.1 Å². The Morgan fingerprint density at radius 2 is 1.89 bits per heavy atom. The van der Waals surface area contributed by atoms with Gasteiger partial charge in [-0.3, -0.25) is 4.79 Å². The minimum atomic E-state index is -5.08. The third-order valence-electron chi connectivity index (χ3n) is 3.56. The summed E-state index contributed by atoms with van der Waals surface area (Å²) in [5.74, 6) is -3.94. The summed E-state index contributed by atoms with van der Waals surface area (Å²) >= 11 is 0. The van der Waals surface area contributed by atoms with E-state index in [-0.39, 0.29) is 5.56 Å². The van der Waals surface area contributed by atoms with Gasteiger partial charge in [-0.15, -0.1) is 0 Å². The molecule has 11 heteroatoms. The SMILES string of the molecule is CCCn1ccc(-n2cc3cc(F)cc(C(N)=O)c3n2)c1.O=C(O)C(F)(F)F. The molecule has 7 nitrogen and oxygen atoms in total. The van der Waals surface area contributed by atoms with Gasteiger partial charge in [0.2, 0.25) is 0 Å². The smallest absolute Gasteiger partial charge is 0.475 e. The maximum absolute atomic E-state index is 13.5.